The Morgan fingerprint density at radius 3 is 2.40 bits per heavy atom. The second-order valence-electron chi connectivity index (χ2n) is 6.16. The van der Waals surface area contributed by atoms with Crippen LogP contribution in [0.1, 0.15) is 25.1 Å². The van der Waals surface area contributed by atoms with Crippen molar-refractivity contribution in [3.63, 3.8) is 0 Å². The van der Waals surface area contributed by atoms with Crippen LogP contribution in [-0.2, 0) is 6.54 Å². The summed E-state index contributed by atoms with van der Waals surface area (Å²) in [6.07, 6.45) is 3.84. The molecule has 0 amide bonds. The Morgan fingerprint density at radius 1 is 1.00 bits per heavy atom. The zero-order valence-electron chi connectivity index (χ0n) is 14.4. The monoisotopic (exact) mass is 359 g/mol. The summed E-state index contributed by atoms with van der Waals surface area (Å²) < 4.78 is 12.6. The number of likely N-dealkylation sites (tertiary alicyclic amines) is 1. The number of hydrogen-bond donors (Lipinski definition) is 0. The van der Waals surface area contributed by atoms with Crippen molar-refractivity contribution >= 4 is 16.3 Å². The van der Waals surface area contributed by atoms with Crippen LogP contribution in [0, 0.1) is 0 Å². The Kier molecular flexibility index (Phi) is 4.54. The molecule has 1 aliphatic rings. The maximum absolute atomic E-state index is 5.35. The normalized spacial score (nSPS) is 15.6. The highest BCUT2D eigenvalue weighted by Crippen LogP contribution is 2.32. The first kappa shape index (κ1) is 16.3. The summed E-state index contributed by atoms with van der Waals surface area (Å²) in [5.41, 5.74) is 0.954. The largest absolute Gasteiger partial charge is 0.497 e. The zero-order chi connectivity index (χ0) is 17.2. The predicted octanol–water partition coefficient (Wildman–Crippen LogP) is 2.86. The first-order chi connectivity index (χ1) is 12.3. The smallest absolute Gasteiger partial charge is 0.235 e. The molecule has 1 aromatic carbocycles. The van der Waals surface area contributed by atoms with Gasteiger partial charge in [-0.3, -0.25) is 4.90 Å². The Hall–Kier alpha value is -2.19. The first-order valence-electron chi connectivity index (χ1n) is 8.44. The van der Waals surface area contributed by atoms with E-state index in [2.05, 4.69) is 15.1 Å². The number of nitrogens with zero attached hydrogens (tertiary/aromatic N) is 5. The van der Waals surface area contributed by atoms with Gasteiger partial charge in [-0.25, -0.2) is 0 Å². The quantitative estimate of drug-likeness (QED) is 0.698. The van der Waals surface area contributed by atoms with Crippen LogP contribution in [0.15, 0.2) is 18.2 Å². The lowest BCUT2D eigenvalue weighted by Crippen LogP contribution is -2.30. The minimum absolute atomic E-state index is 0.744. The van der Waals surface area contributed by atoms with E-state index in [-0.39, 0.29) is 0 Å². The highest BCUT2D eigenvalue weighted by atomic mass is 32.1. The topological polar surface area (TPSA) is 64.8 Å². The van der Waals surface area contributed by atoms with Crippen molar-refractivity contribution in [3.05, 3.63) is 24.0 Å². The lowest BCUT2D eigenvalue weighted by Gasteiger charge is -2.25. The first-order valence-corrected chi connectivity index (χ1v) is 9.25. The predicted molar refractivity (Wildman–Crippen MR) is 96.3 cm³/mol. The molecular weight excluding hydrogens is 338 g/mol. The second-order valence-corrected chi connectivity index (χ2v) is 7.11. The van der Waals surface area contributed by atoms with Crippen LogP contribution in [0.2, 0.25) is 0 Å². The number of benzene rings is 1. The lowest BCUT2D eigenvalue weighted by atomic mass is 10.1. The molecule has 0 radical (unpaired) electrons. The Labute approximate surface area is 150 Å². The van der Waals surface area contributed by atoms with Crippen LogP contribution < -0.4 is 9.47 Å². The summed E-state index contributed by atoms with van der Waals surface area (Å²) >= 11 is 1.52. The number of methoxy groups -OCH3 is 2. The average Bonchev–Trinajstić information content (AvgIpc) is 3.24. The van der Waals surface area contributed by atoms with E-state index in [9.17, 15) is 0 Å². The van der Waals surface area contributed by atoms with Crippen LogP contribution >= 0.6 is 11.3 Å². The van der Waals surface area contributed by atoms with Gasteiger partial charge in [-0.2, -0.15) is 9.61 Å². The van der Waals surface area contributed by atoms with Crippen molar-refractivity contribution in [1.82, 2.24) is 24.7 Å². The van der Waals surface area contributed by atoms with Crippen molar-refractivity contribution < 1.29 is 9.47 Å². The van der Waals surface area contributed by atoms with Crippen molar-refractivity contribution in [3.8, 4) is 22.1 Å². The van der Waals surface area contributed by atoms with Gasteiger partial charge >= 0.3 is 0 Å². The van der Waals surface area contributed by atoms with E-state index in [1.165, 1.54) is 30.6 Å². The van der Waals surface area contributed by atoms with E-state index < -0.39 is 0 Å². The lowest BCUT2D eigenvalue weighted by molar-refractivity contribution is 0.214. The third-order valence-corrected chi connectivity index (χ3v) is 5.42. The van der Waals surface area contributed by atoms with E-state index in [0.717, 1.165) is 52.5 Å². The van der Waals surface area contributed by atoms with Gasteiger partial charge < -0.3 is 9.47 Å². The molecule has 0 unspecified atom stereocenters. The number of ether oxygens (including phenoxy) is 2. The minimum Gasteiger partial charge on any atom is -0.497 e. The molecule has 0 atom stereocenters. The van der Waals surface area contributed by atoms with Gasteiger partial charge in [0, 0.05) is 11.6 Å². The van der Waals surface area contributed by atoms with Crippen molar-refractivity contribution in [2.24, 2.45) is 0 Å². The molecule has 0 aliphatic carbocycles. The molecule has 25 heavy (non-hydrogen) atoms. The van der Waals surface area contributed by atoms with Gasteiger partial charge in [0.1, 0.15) is 16.5 Å². The van der Waals surface area contributed by atoms with E-state index in [4.69, 9.17) is 14.6 Å². The molecule has 3 heterocycles. The molecule has 1 fully saturated rings. The van der Waals surface area contributed by atoms with Crippen LogP contribution in [0.3, 0.4) is 0 Å². The third-order valence-electron chi connectivity index (χ3n) is 4.47. The number of aromatic nitrogens is 4. The molecule has 4 rings (SSSR count). The summed E-state index contributed by atoms with van der Waals surface area (Å²) in [6, 6.07) is 5.77. The number of piperidine rings is 1. The van der Waals surface area contributed by atoms with Gasteiger partial charge in [-0.05, 0) is 38.1 Å². The SMILES string of the molecule is COc1cc(OC)cc(-c2nn3c(CN4CCCCC4)nnc3s2)c1. The molecule has 8 heteroatoms. The van der Waals surface area contributed by atoms with E-state index in [1.54, 1.807) is 14.2 Å². The van der Waals surface area contributed by atoms with Crippen molar-refractivity contribution in [2.75, 3.05) is 27.3 Å². The zero-order valence-corrected chi connectivity index (χ0v) is 15.3. The fraction of sp³-hybridized carbons (Fsp3) is 0.471. The summed E-state index contributed by atoms with van der Waals surface area (Å²) in [5, 5.41) is 14.2. The molecule has 7 nitrogen and oxygen atoms in total. The van der Waals surface area contributed by atoms with Crippen molar-refractivity contribution in [2.45, 2.75) is 25.8 Å². The summed E-state index contributed by atoms with van der Waals surface area (Å²) in [5.74, 6) is 2.39. The third kappa shape index (κ3) is 3.32. The molecule has 132 valence electrons. The van der Waals surface area contributed by atoms with E-state index in [1.807, 2.05) is 22.7 Å². The molecule has 0 bridgehead atoms. The Balaban J connectivity index is 1.65. The molecule has 2 aromatic heterocycles. The highest BCUT2D eigenvalue weighted by Gasteiger charge is 2.18. The highest BCUT2D eigenvalue weighted by molar-refractivity contribution is 7.19. The molecule has 3 aromatic rings. The van der Waals surface area contributed by atoms with Crippen LogP contribution in [0.4, 0.5) is 0 Å². The molecule has 1 saturated heterocycles. The van der Waals surface area contributed by atoms with Gasteiger partial charge in [-0.1, -0.05) is 17.8 Å². The molecular formula is C17H21N5O2S. The van der Waals surface area contributed by atoms with Crippen LogP contribution in [-0.4, -0.2) is 52.0 Å². The van der Waals surface area contributed by atoms with Gasteiger partial charge in [0.25, 0.3) is 0 Å². The summed E-state index contributed by atoms with van der Waals surface area (Å²) in [4.78, 5) is 3.23. The molecule has 1 aliphatic heterocycles. The Morgan fingerprint density at radius 2 is 1.72 bits per heavy atom. The van der Waals surface area contributed by atoms with Gasteiger partial charge in [-0.15, -0.1) is 10.2 Å². The van der Waals surface area contributed by atoms with Gasteiger partial charge in [0.15, 0.2) is 5.82 Å². The summed E-state index contributed by atoms with van der Waals surface area (Å²) in [7, 11) is 3.29. The van der Waals surface area contributed by atoms with Crippen molar-refractivity contribution in [1.29, 1.82) is 0 Å². The van der Waals surface area contributed by atoms with Crippen LogP contribution in [0.5, 0.6) is 11.5 Å². The van der Waals surface area contributed by atoms with E-state index in [0.29, 0.717) is 0 Å². The maximum atomic E-state index is 5.35. The van der Waals surface area contributed by atoms with Crippen LogP contribution in [0.25, 0.3) is 15.5 Å². The maximum Gasteiger partial charge on any atom is 0.235 e. The fourth-order valence-corrected chi connectivity index (χ4v) is 3.97. The van der Waals surface area contributed by atoms with Gasteiger partial charge in [0.05, 0.1) is 20.8 Å². The summed E-state index contributed by atoms with van der Waals surface area (Å²) in [6.45, 7) is 3.05. The molecule has 0 N–H and O–H groups in total. The second kappa shape index (κ2) is 6.97. The average molecular weight is 359 g/mol. The molecule has 0 spiro atoms. The standard InChI is InChI=1S/C17H21N5O2S/c1-23-13-8-12(9-14(10-13)24-2)16-20-22-15(18-19-17(22)25-16)11-21-6-4-3-5-7-21/h8-10H,3-7,11H2,1-2H3. The number of rotatable bonds is 5. The minimum atomic E-state index is 0.744. The number of fused-ring (bicyclic) bond motifs is 1. The Bertz CT molecular complexity index is 847. The fourth-order valence-electron chi connectivity index (χ4n) is 3.12. The van der Waals surface area contributed by atoms with E-state index >= 15 is 0 Å². The molecule has 0 saturated carbocycles. The number of hydrogen-bond acceptors (Lipinski definition) is 7. The van der Waals surface area contributed by atoms with Gasteiger partial charge in [0.2, 0.25) is 4.96 Å².